The molecule has 3 N–H and O–H groups in total. The maximum Gasteiger partial charge on any atom is 0.363 e. The Balaban J connectivity index is 1.59. The lowest BCUT2D eigenvalue weighted by atomic mass is 10.1. The number of hydrogen-bond donors (Lipinski definition) is 2. The van der Waals surface area contributed by atoms with Crippen molar-refractivity contribution < 1.29 is 9.94 Å². The van der Waals surface area contributed by atoms with Gasteiger partial charge in [-0.1, -0.05) is 37.6 Å². The van der Waals surface area contributed by atoms with Crippen molar-refractivity contribution in [3.63, 3.8) is 0 Å². The smallest absolute Gasteiger partial charge is 0.363 e. The highest BCUT2D eigenvalue weighted by Gasteiger charge is 2.20. The lowest BCUT2D eigenvalue weighted by Crippen LogP contribution is -2.23. The first-order chi connectivity index (χ1) is 14.6. The minimum Gasteiger partial charge on any atom is -0.463 e. The Labute approximate surface area is 174 Å². The molecule has 9 nitrogen and oxygen atoms in total. The molecular weight excluding hydrogens is 384 g/mol. The lowest BCUT2D eigenvalue weighted by Gasteiger charge is -2.14. The number of ether oxygens (including phenoxy) is 1. The van der Waals surface area contributed by atoms with Gasteiger partial charge in [-0.2, -0.15) is 9.97 Å². The second-order valence-electron chi connectivity index (χ2n) is 7.75. The number of nitrogens with zero attached hydrogens (tertiary/aromatic N) is 5. The Morgan fingerprint density at radius 1 is 1.10 bits per heavy atom. The average Bonchev–Trinajstić information content (AvgIpc) is 3.32. The first-order valence-electron chi connectivity index (χ1n) is 10.5. The molecule has 160 valence electrons. The van der Waals surface area contributed by atoms with Gasteiger partial charge < -0.3 is 15.7 Å². The second kappa shape index (κ2) is 8.74. The molecule has 1 aliphatic heterocycles. The summed E-state index contributed by atoms with van der Waals surface area (Å²) in [4.78, 5) is 23.5. The number of anilines is 1. The second-order valence-corrected chi connectivity index (χ2v) is 7.75. The summed E-state index contributed by atoms with van der Waals surface area (Å²) in [5.74, 6) is 0.00538. The van der Waals surface area contributed by atoms with Crippen molar-refractivity contribution in [3.8, 4) is 6.01 Å². The maximum atomic E-state index is 12.6. The fourth-order valence-electron chi connectivity index (χ4n) is 3.78. The molecule has 0 unspecified atom stereocenters. The molecule has 0 radical (unpaired) electrons. The summed E-state index contributed by atoms with van der Waals surface area (Å²) < 4.78 is 7.44. The van der Waals surface area contributed by atoms with Crippen LogP contribution in [0.1, 0.15) is 43.7 Å². The minimum absolute atomic E-state index is 0.00538. The van der Waals surface area contributed by atoms with Crippen molar-refractivity contribution in [1.82, 2.24) is 24.2 Å². The standard InChI is InChI=1S/C21H28N6O3/c1-2-3-12-30-20-23-18(22)17-19(24-20)26(21(28)27(17)29)14-16-8-6-15(7-9-16)13-25-10-4-5-11-25/h6-9,29H,2-5,10-14H2,1H3,(H2,22,23,24). The first kappa shape index (κ1) is 20.2. The molecule has 0 bridgehead atoms. The number of rotatable bonds is 8. The molecule has 0 atom stereocenters. The predicted octanol–water partition coefficient (Wildman–Crippen LogP) is 2.24. The van der Waals surface area contributed by atoms with Crippen LogP contribution in [0.15, 0.2) is 29.1 Å². The fourth-order valence-corrected chi connectivity index (χ4v) is 3.78. The Bertz CT molecular complexity index is 1070. The van der Waals surface area contributed by atoms with Crippen molar-refractivity contribution in [1.29, 1.82) is 0 Å². The van der Waals surface area contributed by atoms with Crippen LogP contribution in [0.2, 0.25) is 0 Å². The molecule has 1 saturated heterocycles. The summed E-state index contributed by atoms with van der Waals surface area (Å²) in [5.41, 5.74) is 7.87. The molecule has 4 rings (SSSR count). The Hall–Kier alpha value is -3.07. The van der Waals surface area contributed by atoms with E-state index in [1.807, 2.05) is 12.1 Å². The number of fused-ring (bicyclic) bond motifs is 1. The normalized spacial score (nSPS) is 14.6. The molecule has 3 aromatic rings. The summed E-state index contributed by atoms with van der Waals surface area (Å²) in [7, 11) is 0. The van der Waals surface area contributed by atoms with Crippen LogP contribution < -0.4 is 16.2 Å². The molecule has 0 amide bonds. The quantitative estimate of drug-likeness (QED) is 0.431. The van der Waals surface area contributed by atoms with Crippen LogP contribution in [-0.2, 0) is 13.1 Å². The van der Waals surface area contributed by atoms with E-state index in [1.165, 1.54) is 23.0 Å². The minimum atomic E-state index is -0.613. The van der Waals surface area contributed by atoms with E-state index in [-0.39, 0.29) is 29.5 Å². The van der Waals surface area contributed by atoms with E-state index in [2.05, 4.69) is 33.9 Å². The highest BCUT2D eigenvalue weighted by molar-refractivity contribution is 5.82. The van der Waals surface area contributed by atoms with Gasteiger partial charge in [0.15, 0.2) is 17.0 Å². The van der Waals surface area contributed by atoms with E-state index in [0.29, 0.717) is 11.3 Å². The van der Waals surface area contributed by atoms with Gasteiger partial charge in [0, 0.05) is 6.54 Å². The zero-order valence-electron chi connectivity index (χ0n) is 17.3. The van der Waals surface area contributed by atoms with Crippen molar-refractivity contribution in [3.05, 3.63) is 45.9 Å². The zero-order valence-corrected chi connectivity index (χ0v) is 17.3. The molecule has 1 aliphatic rings. The molecule has 1 fully saturated rings. The van der Waals surface area contributed by atoms with E-state index >= 15 is 0 Å². The summed E-state index contributed by atoms with van der Waals surface area (Å²) >= 11 is 0. The Kier molecular flexibility index (Phi) is 5.89. The number of likely N-dealkylation sites (tertiary alicyclic amines) is 1. The molecular formula is C21H28N6O3. The van der Waals surface area contributed by atoms with E-state index < -0.39 is 5.69 Å². The third-order valence-corrected chi connectivity index (χ3v) is 5.45. The number of unbranched alkanes of at least 4 members (excludes halogenated alkanes) is 1. The number of hydrogen-bond acceptors (Lipinski definition) is 7. The van der Waals surface area contributed by atoms with Crippen LogP contribution in [0.5, 0.6) is 6.01 Å². The van der Waals surface area contributed by atoms with Gasteiger partial charge in [0.25, 0.3) is 0 Å². The number of aromatic nitrogens is 4. The molecule has 0 aliphatic carbocycles. The third-order valence-electron chi connectivity index (χ3n) is 5.45. The Morgan fingerprint density at radius 3 is 2.43 bits per heavy atom. The van der Waals surface area contributed by atoms with Crippen LogP contribution in [0.3, 0.4) is 0 Å². The van der Waals surface area contributed by atoms with Gasteiger partial charge in [-0.15, -0.1) is 4.73 Å². The van der Waals surface area contributed by atoms with Gasteiger partial charge in [-0.05, 0) is 43.5 Å². The van der Waals surface area contributed by atoms with E-state index in [9.17, 15) is 10.0 Å². The van der Waals surface area contributed by atoms with Crippen molar-refractivity contribution >= 4 is 17.0 Å². The van der Waals surface area contributed by atoms with Gasteiger partial charge in [0.05, 0.1) is 13.2 Å². The summed E-state index contributed by atoms with van der Waals surface area (Å²) in [5, 5.41) is 10.2. The van der Waals surface area contributed by atoms with Crippen molar-refractivity contribution in [2.45, 2.75) is 45.7 Å². The summed E-state index contributed by atoms with van der Waals surface area (Å²) in [6, 6.07) is 8.27. The molecule has 9 heteroatoms. The Morgan fingerprint density at radius 2 is 1.77 bits per heavy atom. The average molecular weight is 412 g/mol. The van der Waals surface area contributed by atoms with Gasteiger partial charge in [-0.3, -0.25) is 9.47 Å². The largest absolute Gasteiger partial charge is 0.463 e. The number of benzene rings is 1. The molecule has 3 heterocycles. The monoisotopic (exact) mass is 412 g/mol. The van der Waals surface area contributed by atoms with Gasteiger partial charge in [-0.25, -0.2) is 4.79 Å². The van der Waals surface area contributed by atoms with Gasteiger partial charge in [0.2, 0.25) is 0 Å². The summed E-state index contributed by atoms with van der Waals surface area (Å²) in [6.07, 6.45) is 4.37. The lowest BCUT2D eigenvalue weighted by molar-refractivity contribution is 0.185. The topological polar surface area (TPSA) is 111 Å². The van der Waals surface area contributed by atoms with Gasteiger partial charge in [0.1, 0.15) is 0 Å². The number of imidazole rings is 1. The van der Waals surface area contributed by atoms with Crippen LogP contribution >= 0.6 is 0 Å². The van der Waals surface area contributed by atoms with E-state index in [1.54, 1.807) is 0 Å². The van der Waals surface area contributed by atoms with Crippen LogP contribution in [0.4, 0.5) is 5.82 Å². The maximum absolute atomic E-state index is 12.6. The van der Waals surface area contributed by atoms with Crippen LogP contribution in [0.25, 0.3) is 11.2 Å². The zero-order chi connectivity index (χ0) is 21.1. The highest BCUT2D eigenvalue weighted by atomic mass is 16.5. The number of nitrogens with two attached hydrogens (primary N) is 1. The first-order valence-corrected chi connectivity index (χ1v) is 10.5. The summed E-state index contributed by atoms with van der Waals surface area (Å²) in [6.45, 7) is 6.02. The molecule has 30 heavy (non-hydrogen) atoms. The van der Waals surface area contributed by atoms with E-state index in [4.69, 9.17) is 10.5 Å². The predicted molar refractivity (Wildman–Crippen MR) is 114 cm³/mol. The van der Waals surface area contributed by atoms with Crippen molar-refractivity contribution in [2.75, 3.05) is 25.4 Å². The molecule has 0 spiro atoms. The molecule has 0 saturated carbocycles. The van der Waals surface area contributed by atoms with E-state index in [0.717, 1.165) is 38.0 Å². The number of nitrogen functional groups attached to an aromatic ring is 1. The molecule has 2 aromatic heterocycles. The third kappa shape index (κ3) is 4.11. The van der Waals surface area contributed by atoms with Crippen LogP contribution in [0, 0.1) is 0 Å². The highest BCUT2D eigenvalue weighted by Crippen LogP contribution is 2.21. The van der Waals surface area contributed by atoms with Gasteiger partial charge >= 0.3 is 11.7 Å². The molecule has 1 aromatic carbocycles. The van der Waals surface area contributed by atoms with Crippen LogP contribution in [-0.4, -0.2) is 49.1 Å². The van der Waals surface area contributed by atoms with Crippen molar-refractivity contribution in [2.24, 2.45) is 0 Å². The SMILES string of the molecule is CCCCOc1nc(N)c2c(n1)n(Cc1ccc(CN3CCCC3)cc1)c(=O)n2O. The fraction of sp³-hybridized carbons (Fsp3) is 0.476.